The van der Waals surface area contributed by atoms with Crippen molar-refractivity contribution in [2.24, 2.45) is 0 Å². The molecule has 2 aromatic carbocycles. The smallest absolute Gasteiger partial charge is 0.205 e. The Hall–Kier alpha value is -2.86. The van der Waals surface area contributed by atoms with Gasteiger partial charge < -0.3 is 19.2 Å². The van der Waals surface area contributed by atoms with Crippen molar-refractivity contribution < 1.29 is 14.2 Å². The first-order valence-electron chi connectivity index (χ1n) is 8.22. The highest BCUT2D eigenvalue weighted by atomic mass is 32.1. The fourth-order valence-electron chi connectivity index (χ4n) is 3.09. The van der Waals surface area contributed by atoms with Crippen LogP contribution in [0, 0.1) is 11.6 Å². The van der Waals surface area contributed by atoms with E-state index in [2.05, 4.69) is 23.0 Å². The van der Waals surface area contributed by atoms with Crippen LogP contribution in [0.2, 0.25) is 0 Å². The predicted molar refractivity (Wildman–Crippen MR) is 102 cm³/mol. The van der Waals surface area contributed by atoms with Crippen LogP contribution >= 0.6 is 12.2 Å². The molecule has 1 N–H and O–H groups in total. The fourth-order valence-corrected chi connectivity index (χ4v) is 3.34. The number of aromatic amines is 1. The van der Waals surface area contributed by atoms with E-state index in [9.17, 15) is 0 Å². The number of methoxy groups -OCH3 is 2. The van der Waals surface area contributed by atoms with Crippen LogP contribution in [-0.4, -0.2) is 24.2 Å². The van der Waals surface area contributed by atoms with E-state index < -0.39 is 0 Å². The second-order valence-electron chi connectivity index (χ2n) is 6.16. The number of nitrogens with one attached hydrogen (secondary N) is 1. The van der Waals surface area contributed by atoms with Gasteiger partial charge >= 0.3 is 0 Å². The van der Waals surface area contributed by atoms with Crippen LogP contribution in [0.5, 0.6) is 23.1 Å². The highest BCUT2D eigenvalue weighted by Crippen LogP contribution is 2.38. The van der Waals surface area contributed by atoms with E-state index in [-0.39, 0.29) is 0 Å². The second kappa shape index (κ2) is 6.46. The Morgan fingerprint density at radius 2 is 1.88 bits per heavy atom. The normalized spacial score (nSPS) is 12.0. The van der Waals surface area contributed by atoms with Crippen molar-refractivity contribution in [1.82, 2.24) is 9.97 Å². The minimum Gasteiger partial charge on any atom is -0.493 e. The average molecular weight is 366 g/mol. The van der Waals surface area contributed by atoms with Crippen LogP contribution in [0.1, 0.15) is 16.7 Å². The Morgan fingerprint density at radius 3 is 2.65 bits per heavy atom. The molecule has 6 heteroatoms. The van der Waals surface area contributed by atoms with Gasteiger partial charge in [0.25, 0.3) is 0 Å². The van der Waals surface area contributed by atoms with Crippen molar-refractivity contribution in [2.75, 3.05) is 14.2 Å². The second-order valence-corrected chi connectivity index (χ2v) is 6.54. The average Bonchev–Trinajstić information content (AvgIpc) is 2.66. The Balaban J connectivity index is 1.78. The SMILES string of the molecule is COc1ccc(-c2nc(=S)c3c([nH]2)Oc2ccc(C)cc2C3)cc1OC. The van der Waals surface area contributed by atoms with Crippen LogP contribution in [0.4, 0.5) is 0 Å². The van der Waals surface area contributed by atoms with Gasteiger partial charge in [0.15, 0.2) is 11.5 Å². The Kier molecular flexibility index (Phi) is 4.12. The molecule has 1 aromatic heterocycles. The first-order chi connectivity index (χ1) is 12.6. The molecule has 26 heavy (non-hydrogen) atoms. The maximum absolute atomic E-state index is 6.06. The van der Waals surface area contributed by atoms with E-state index in [0.717, 1.165) is 22.4 Å². The lowest BCUT2D eigenvalue weighted by molar-refractivity contribution is 0.355. The molecule has 1 aliphatic rings. The van der Waals surface area contributed by atoms with E-state index >= 15 is 0 Å². The van der Waals surface area contributed by atoms with Crippen LogP contribution in [-0.2, 0) is 6.42 Å². The summed E-state index contributed by atoms with van der Waals surface area (Å²) in [5.41, 5.74) is 4.07. The molecule has 0 amide bonds. The highest BCUT2D eigenvalue weighted by molar-refractivity contribution is 7.71. The maximum Gasteiger partial charge on any atom is 0.205 e. The first-order valence-corrected chi connectivity index (χ1v) is 8.63. The summed E-state index contributed by atoms with van der Waals surface area (Å²) >= 11 is 5.53. The maximum atomic E-state index is 6.06. The molecule has 0 unspecified atom stereocenters. The Labute approximate surface area is 156 Å². The minimum atomic E-state index is 0.538. The first kappa shape index (κ1) is 16.6. The van der Waals surface area contributed by atoms with Crippen LogP contribution in [0.25, 0.3) is 11.4 Å². The van der Waals surface area contributed by atoms with Crippen LogP contribution in [0.15, 0.2) is 36.4 Å². The number of benzene rings is 2. The molecule has 132 valence electrons. The van der Waals surface area contributed by atoms with Gasteiger partial charge in [0.05, 0.1) is 19.8 Å². The molecule has 0 saturated carbocycles. The van der Waals surface area contributed by atoms with Crippen LogP contribution in [0.3, 0.4) is 0 Å². The predicted octanol–water partition coefficient (Wildman–Crippen LogP) is 4.83. The van der Waals surface area contributed by atoms with Gasteiger partial charge in [-0.15, -0.1) is 0 Å². The van der Waals surface area contributed by atoms with E-state index in [4.69, 9.17) is 26.4 Å². The van der Waals surface area contributed by atoms with Crippen molar-refractivity contribution in [3.8, 4) is 34.5 Å². The van der Waals surface area contributed by atoms with Gasteiger partial charge in [0, 0.05) is 12.0 Å². The number of rotatable bonds is 3. The molecule has 2 heterocycles. The van der Waals surface area contributed by atoms with Crippen molar-refractivity contribution >= 4 is 12.2 Å². The third kappa shape index (κ3) is 2.82. The van der Waals surface area contributed by atoms with Gasteiger partial charge in [0.1, 0.15) is 16.2 Å². The zero-order chi connectivity index (χ0) is 18.3. The third-order valence-electron chi connectivity index (χ3n) is 4.43. The molecule has 5 nitrogen and oxygen atoms in total. The van der Waals surface area contributed by atoms with Crippen molar-refractivity contribution in [2.45, 2.75) is 13.3 Å². The molecule has 0 atom stereocenters. The standard InChI is InChI=1S/C20H18N2O3S/c1-11-4-6-15-13(8-11)9-14-19(25-15)21-18(22-20(14)26)12-5-7-16(23-2)17(10-12)24-3/h4-8,10H,9H2,1-3H3,(H,21,22,26). The minimum absolute atomic E-state index is 0.538. The molecule has 3 aromatic rings. The number of hydrogen-bond acceptors (Lipinski definition) is 5. The van der Waals surface area contributed by atoms with Crippen molar-refractivity contribution in [3.05, 3.63) is 57.7 Å². The van der Waals surface area contributed by atoms with E-state index in [1.165, 1.54) is 5.56 Å². The quantitative estimate of drug-likeness (QED) is 0.526. The van der Waals surface area contributed by atoms with Gasteiger partial charge in [-0.1, -0.05) is 29.9 Å². The van der Waals surface area contributed by atoms with Gasteiger partial charge in [-0.05, 0) is 36.8 Å². The zero-order valence-corrected chi connectivity index (χ0v) is 15.6. The fraction of sp³-hybridized carbons (Fsp3) is 0.200. The Bertz CT molecular complexity index is 1060. The topological polar surface area (TPSA) is 56.4 Å². The summed E-state index contributed by atoms with van der Waals surface area (Å²) in [4.78, 5) is 7.84. The number of hydrogen-bond donors (Lipinski definition) is 1. The Morgan fingerprint density at radius 1 is 1.08 bits per heavy atom. The summed E-state index contributed by atoms with van der Waals surface area (Å²) in [7, 11) is 3.21. The molecule has 0 aliphatic carbocycles. The van der Waals surface area contributed by atoms with Gasteiger partial charge in [-0.3, -0.25) is 0 Å². The number of H-pyrrole nitrogens is 1. The van der Waals surface area contributed by atoms with Gasteiger partial charge in [0.2, 0.25) is 5.88 Å². The lowest BCUT2D eigenvalue weighted by Gasteiger charge is -2.21. The number of fused-ring (bicyclic) bond motifs is 2. The summed E-state index contributed by atoms with van der Waals surface area (Å²) in [6.45, 7) is 2.06. The number of aryl methyl sites for hydroxylation is 1. The molecule has 0 spiro atoms. The highest BCUT2D eigenvalue weighted by Gasteiger charge is 2.21. The summed E-state index contributed by atoms with van der Waals surface area (Å²) in [5.74, 6) is 3.41. The lowest BCUT2D eigenvalue weighted by atomic mass is 10.0. The van der Waals surface area contributed by atoms with E-state index in [0.29, 0.717) is 34.3 Å². The lowest BCUT2D eigenvalue weighted by Crippen LogP contribution is -2.08. The van der Waals surface area contributed by atoms with Gasteiger partial charge in [-0.25, -0.2) is 4.98 Å². The molecule has 0 saturated heterocycles. The largest absolute Gasteiger partial charge is 0.493 e. The van der Waals surface area contributed by atoms with Crippen molar-refractivity contribution in [3.63, 3.8) is 0 Å². The molecule has 1 aliphatic heterocycles. The zero-order valence-electron chi connectivity index (χ0n) is 14.8. The van der Waals surface area contributed by atoms with E-state index in [1.54, 1.807) is 14.2 Å². The van der Waals surface area contributed by atoms with E-state index in [1.807, 2.05) is 30.3 Å². The summed E-state index contributed by atoms with van der Waals surface area (Å²) in [6, 6.07) is 11.7. The van der Waals surface area contributed by atoms with Crippen molar-refractivity contribution in [1.29, 1.82) is 0 Å². The number of ether oxygens (including phenoxy) is 3. The molecular formula is C20H18N2O3S. The summed E-state index contributed by atoms with van der Waals surface area (Å²) in [6.07, 6.45) is 0.709. The molecular weight excluding hydrogens is 348 g/mol. The van der Waals surface area contributed by atoms with Gasteiger partial charge in [-0.2, -0.15) is 0 Å². The third-order valence-corrected chi connectivity index (χ3v) is 4.77. The number of aromatic nitrogens is 2. The summed E-state index contributed by atoms with van der Waals surface area (Å²) < 4.78 is 17.3. The monoisotopic (exact) mass is 366 g/mol. The molecule has 0 radical (unpaired) electrons. The molecule has 0 fully saturated rings. The van der Waals surface area contributed by atoms with Crippen LogP contribution < -0.4 is 14.2 Å². The summed E-state index contributed by atoms with van der Waals surface area (Å²) in [5, 5.41) is 0. The number of nitrogens with zero attached hydrogens (tertiary/aromatic N) is 1. The molecule has 4 rings (SSSR count). The molecule has 0 bridgehead atoms.